The number of carboxylic acid groups (broad SMARTS) is 1. The highest BCUT2D eigenvalue weighted by Gasteiger charge is 2.17. The summed E-state index contributed by atoms with van der Waals surface area (Å²) in [7, 11) is 0. The van der Waals surface area contributed by atoms with Crippen LogP contribution in [0.4, 0.5) is 0 Å². The number of hydrogen-bond donors (Lipinski definition) is 3. The number of nitrogens with zero attached hydrogens (tertiary/aromatic N) is 1. The summed E-state index contributed by atoms with van der Waals surface area (Å²) in [6.45, 7) is 3.98. The Labute approximate surface area is 76.0 Å². The Morgan fingerprint density at radius 1 is 1.69 bits per heavy atom. The van der Waals surface area contributed by atoms with Gasteiger partial charge in [0.2, 0.25) is 0 Å². The first-order chi connectivity index (χ1) is 6.02. The van der Waals surface area contributed by atoms with Crippen molar-refractivity contribution >= 4 is 5.97 Å². The Kier molecular flexibility index (Phi) is 2.67. The molecule has 0 radical (unpaired) electrons. The molecule has 0 saturated carbocycles. The molecule has 0 amide bonds. The summed E-state index contributed by atoms with van der Waals surface area (Å²) in [6.07, 6.45) is 1.61. The number of hydrogen-bond acceptors (Lipinski definition) is 3. The molecule has 1 unspecified atom stereocenters. The molecule has 0 aliphatic carbocycles. The Hall–Kier alpha value is -1.36. The van der Waals surface area contributed by atoms with Crippen molar-refractivity contribution in [3.05, 3.63) is 17.7 Å². The highest BCUT2D eigenvalue weighted by molar-refractivity contribution is 5.73. The van der Waals surface area contributed by atoms with Crippen LogP contribution in [0.2, 0.25) is 0 Å². The van der Waals surface area contributed by atoms with Crippen LogP contribution in [0.3, 0.4) is 0 Å². The molecule has 5 nitrogen and oxygen atoms in total. The number of carbonyl (C=O) groups is 1. The normalized spacial score (nSPS) is 13.2. The van der Waals surface area contributed by atoms with E-state index in [1.165, 1.54) is 0 Å². The van der Waals surface area contributed by atoms with Crippen LogP contribution in [0.25, 0.3) is 0 Å². The summed E-state index contributed by atoms with van der Waals surface area (Å²) in [6, 6.07) is -1.06. The number of H-pyrrole nitrogens is 1. The van der Waals surface area contributed by atoms with E-state index in [0.29, 0.717) is 11.7 Å². The molecule has 1 rings (SSSR count). The number of nitrogens with two attached hydrogens (primary N) is 1. The zero-order valence-corrected chi connectivity index (χ0v) is 7.61. The topological polar surface area (TPSA) is 92.0 Å². The van der Waals surface area contributed by atoms with E-state index < -0.39 is 12.0 Å². The lowest BCUT2D eigenvalue weighted by molar-refractivity contribution is -0.138. The number of imidazole rings is 1. The van der Waals surface area contributed by atoms with Gasteiger partial charge < -0.3 is 15.8 Å². The maximum atomic E-state index is 10.5. The van der Waals surface area contributed by atoms with E-state index in [9.17, 15) is 4.79 Å². The fraction of sp³-hybridized carbons (Fsp3) is 0.500. The molecule has 0 saturated heterocycles. The quantitative estimate of drug-likeness (QED) is 0.640. The molecule has 1 atom stereocenters. The molecule has 0 bridgehead atoms. The van der Waals surface area contributed by atoms with Gasteiger partial charge in [-0.3, -0.25) is 4.79 Å². The Morgan fingerprint density at radius 2 is 2.31 bits per heavy atom. The maximum absolute atomic E-state index is 10.5. The van der Waals surface area contributed by atoms with Gasteiger partial charge in [0.15, 0.2) is 6.04 Å². The monoisotopic (exact) mass is 183 g/mol. The number of nitrogens with one attached hydrogen (secondary N) is 1. The zero-order valence-electron chi connectivity index (χ0n) is 7.61. The van der Waals surface area contributed by atoms with E-state index in [1.807, 2.05) is 13.8 Å². The average Bonchev–Trinajstić information content (AvgIpc) is 2.50. The smallest absolute Gasteiger partial charge is 0.328 e. The van der Waals surface area contributed by atoms with E-state index in [4.69, 9.17) is 10.8 Å². The largest absolute Gasteiger partial charge is 0.480 e. The predicted molar refractivity (Wildman–Crippen MR) is 47.2 cm³/mol. The molecule has 0 aliphatic rings. The van der Waals surface area contributed by atoms with Gasteiger partial charge in [-0.15, -0.1) is 0 Å². The second kappa shape index (κ2) is 3.57. The maximum Gasteiger partial charge on any atom is 0.328 e. The van der Waals surface area contributed by atoms with Crippen molar-refractivity contribution in [2.45, 2.75) is 25.8 Å². The molecule has 72 valence electrons. The number of aromatic nitrogens is 2. The number of carboxylic acids is 1. The minimum Gasteiger partial charge on any atom is -0.480 e. The fourth-order valence-corrected chi connectivity index (χ4v) is 0.920. The van der Waals surface area contributed by atoms with E-state index in [2.05, 4.69) is 9.97 Å². The Morgan fingerprint density at radius 3 is 2.69 bits per heavy atom. The van der Waals surface area contributed by atoms with Gasteiger partial charge in [-0.1, -0.05) is 13.8 Å². The zero-order chi connectivity index (χ0) is 10.0. The summed E-state index contributed by atoms with van der Waals surface area (Å²) < 4.78 is 0. The van der Waals surface area contributed by atoms with Gasteiger partial charge in [0.05, 0.1) is 0 Å². The second-order valence-electron chi connectivity index (χ2n) is 3.19. The Bertz CT molecular complexity index is 306. The molecule has 5 heteroatoms. The van der Waals surface area contributed by atoms with Crippen LogP contribution in [-0.4, -0.2) is 21.0 Å². The van der Waals surface area contributed by atoms with Crippen LogP contribution >= 0.6 is 0 Å². The summed E-state index contributed by atoms with van der Waals surface area (Å²) >= 11 is 0. The van der Waals surface area contributed by atoms with E-state index in [-0.39, 0.29) is 0 Å². The predicted octanol–water partition coefficient (Wildman–Crippen LogP) is 0.618. The van der Waals surface area contributed by atoms with Gasteiger partial charge in [-0.25, -0.2) is 4.98 Å². The van der Waals surface area contributed by atoms with Crippen molar-refractivity contribution in [2.24, 2.45) is 5.73 Å². The number of aromatic amines is 1. The molecule has 0 spiro atoms. The minimum atomic E-state index is -1.08. The first-order valence-electron chi connectivity index (χ1n) is 4.05. The number of rotatable bonds is 3. The summed E-state index contributed by atoms with van der Waals surface area (Å²) in [5.74, 6) is -0.483. The first kappa shape index (κ1) is 9.73. The van der Waals surface area contributed by atoms with E-state index in [0.717, 1.165) is 5.69 Å². The van der Waals surface area contributed by atoms with Crippen LogP contribution in [-0.2, 0) is 4.79 Å². The van der Waals surface area contributed by atoms with Gasteiger partial charge in [-0.05, 0) is 5.92 Å². The Balaban J connectivity index is 2.85. The van der Waals surface area contributed by atoms with Gasteiger partial charge >= 0.3 is 5.97 Å². The molecule has 13 heavy (non-hydrogen) atoms. The van der Waals surface area contributed by atoms with Crippen molar-refractivity contribution in [1.82, 2.24) is 9.97 Å². The molecule has 0 fully saturated rings. The van der Waals surface area contributed by atoms with Crippen LogP contribution in [0.5, 0.6) is 0 Å². The average molecular weight is 183 g/mol. The highest BCUT2D eigenvalue weighted by atomic mass is 16.4. The van der Waals surface area contributed by atoms with Crippen molar-refractivity contribution in [3.8, 4) is 0 Å². The lowest BCUT2D eigenvalue weighted by atomic mass is 10.2. The van der Waals surface area contributed by atoms with Crippen LogP contribution < -0.4 is 5.73 Å². The first-order valence-corrected chi connectivity index (χ1v) is 4.05. The molecule has 1 aromatic heterocycles. The lowest BCUT2D eigenvalue weighted by Crippen LogP contribution is -2.21. The van der Waals surface area contributed by atoms with E-state index in [1.54, 1.807) is 6.20 Å². The molecule has 1 heterocycles. The molecule has 4 N–H and O–H groups in total. The van der Waals surface area contributed by atoms with Crippen LogP contribution in [0, 0.1) is 0 Å². The molecule has 0 aliphatic heterocycles. The molecular weight excluding hydrogens is 170 g/mol. The van der Waals surface area contributed by atoms with Crippen molar-refractivity contribution in [2.75, 3.05) is 0 Å². The third-order valence-corrected chi connectivity index (χ3v) is 1.80. The minimum absolute atomic E-state index is 0.294. The van der Waals surface area contributed by atoms with Crippen molar-refractivity contribution in [1.29, 1.82) is 0 Å². The highest BCUT2D eigenvalue weighted by Crippen LogP contribution is 2.13. The molecule has 1 aromatic rings. The van der Waals surface area contributed by atoms with Gasteiger partial charge in [0.25, 0.3) is 0 Å². The standard InChI is InChI=1S/C8H13N3O2/c1-4(2)5-3-10-7(11-5)6(9)8(12)13/h3-4,6H,9H2,1-2H3,(H,10,11)(H,12,13). The summed E-state index contributed by atoms with van der Waals surface area (Å²) in [5.41, 5.74) is 6.25. The van der Waals surface area contributed by atoms with E-state index >= 15 is 0 Å². The molecule has 0 aromatic carbocycles. The SMILES string of the molecule is CC(C)c1cnc(C(N)C(=O)O)[nH]1. The molecular formula is C8H13N3O2. The third-order valence-electron chi connectivity index (χ3n) is 1.80. The lowest BCUT2D eigenvalue weighted by Gasteiger charge is -2.02. The van der Waals surface area contributed by atoms with Crippen LogP contribution in [0.15, 0.2) is 6.20 Å². The van der Waals surface area contributed by atoms with Crippen molar-refractivity contribution in [3.63, 3.8) is 0 Å². The van der Waals surface area contributed by atoms with Gasteiger partial charge in [0.1, 0.15) is 5.82 Å². The van der Waals surface area contributed by atoms with Crippen molar-refractivity contribution < 1.29 is 9.90 Å². The van der Waals surface area contributed by atoms with Crippen LogP contribution in [0.1, 0.15) is 37.3 Å². The summed E-state index contributed by atoms with van der Waals surface area (Å²) in [5, 5.41) is 8.60. The fourth-order valence-electron chi connectivity index (χ4n) is 0.920. The van der Waals surface area contributed by atoms with Gasteiger partial charge in [-0.2, -0.15) is 0 Å². The number of aliphatic carboxylic acids is 1. The summed E-state index contributed by atoms with van der Waals surface area (Å²) in [4.78, 5) is 17.3. The second-order valence-corrected chi connectivity index (χ2v) is 3.19. The third kappa shape index (κ3) is 2.06. The van der Waals surface area contributed by atoms with Gasteiger partial charge in [0, 0.05) is 11.9 Å².